The molecule has 0 aromatic heterocycles. The third-order valence-corrected chi connectivity index (χ3v) is 9.60. The number of carboxylic acids is 2. The summed E-state index contributed by atoms with van der Waals surface area (Å²) in [5.41, 5.74) is 4.46. The van der Waals surface area contributed by atoms with Crippen LogP contribution in [0.5, 0.6) is 23.0 Å². The fraction of sp³-hybridized carbons (Fsp3) is 0.0465. The van der Waals surface area contributed by atoms with Crippen molar-refractivity contribution in [3.8, 4) is 23.0 Å². The molecule has 0 saturated carbocycles. The van der Waals surface area contributed by atoms with Crippen LogP contribution in [0.1, 0.15) is 55.8 Å². The summed E-state index contributed by atoms with van der Waals surface area (Å²) in [7, 11) is 0. The Bertz CT molecular complexity index is 2680. The highest BCUT2D eigenvalue weighted by molar-refractivity contribution is 7.80. The van der Waals surface area contributed by atoms with Crippen molar-refractivity contribution in [2.45, 2.75) is 12.8 Å². The van der Waals surface area contributed by atoms with Gasteiger partial charge in [0.15, 0.2) is 16.7 Å². The standard InChI is InChI=1S/C43H28N2O10S/c46-24-2-1-3-31-37(18-24)55-38-20-27(49)9-13-33(38)40(31)30-11-6-23(16-35(30)42(52)53)45-43(56)44-22-5-10-29(34(15-22)41(50)51)39-21-4-7-25(47)17-28(14-21)54-36-19-26(48)8-12-32(36)39/h1-2,4-13,15-20,48-49H,3,14H2,(H,50,51)(H,52,53)(H2,44,45,56). The summed E-state index contributed by atoms with van der Waals surface area (Å²) < 4.78 is 12.0. The molecule has 4 aromatic rings. The molecule has 0 fully saturated rings. The molecular formula is C43H28N2O10S. The topological polar surface area (TPSA) is 192 Å². The molecule has 8 rings (SSSR count). The first-order chi connectivity index (χ1) is 26.9. The second-order valence-corrected chi connectivity index (χ2v) is 13.5. The molecule has 2 aliphatic carbocycles. The number of allylic oxidation sites excluding steroid dienone is 8. The Morgan fingerprint density at radius 1 is 0.643 bits per heavy atom. The van der Waals surface area contributed by atoms with E-state index in [0.717, 1.165) is 0 Å². The number of aromatic hydroxyl groups is 2. The number of aromatic carboxylic acids is 2. The maximum Gasteiger partial charge on any atom is 0.336 e. The summed E-state index contributed by atoms with van der Waals surface area (Å²) in [6.07, 6.45) is 9.27. The van der Waals surface area contributed by atoms with E-state index in [0.29, 0.717) is 61.7 Å². The van der Waals surface area contributed by atoms with E-state index < -0.39 is 11.9 Å². The maximum absolute atomic E-state index is 12.8. The van der Waals surface area contributed by atoms with Crippen molar-refractivity contribution >= 4 is 63.4 Å². The van der Waals surface area contributed by atoms with Gasteiger partial charge < -0.3 is 40.5 Å². The van der Waals surface area contributed by atoms with Crippen molar-refractivity contribution in [3.63, 3.8) is 0 Å². The van der Waals surface area contributed by atoms with Crippen LogP contribution in [0, 0.1) is 0 Å². The summed E-state index contributed by atoms with van der Waals surface area (Å²) in [5, 5.41) is 47.2. The molecule has 12 nitrogen and oxygen atoms in total. The summed E-state index contributed by atoms with van der Waals surface area (Å²) >= 11 is 5.57. The number of thiocarbonyl (C=S) groups is 1. The van der Waals surface area contributed by atoms with Crippen LogP contribution in [0.4, 0.5) is 11.4 Å². The van der Waals surface area contributed by atoms with Gasteiger partial charge in [-0.1, -0.05) is 24.3 Å². The van der Waals surface area contributed by atoms with Crippen LogP contribution >= 0.6 is 12.2 Å². The molecular weight excluding hydrogens is 737 g/mol. The van der Waals surface area contributed by atoms with Gasteiger partial charge in [-0.25, -0.2) is 9.59 Å². The molecule has 0 amide bonds. The minimum absolute atomic E-state index is 0.0374. The van der Waals surface area contributed by atoms with Crippen LogP contribution in [-0.2, 0) is 9.59 Å². The van der Waals surface area contributed by atoms with Crippen LogP contribution in [0.25, 0.3) is 11.1 Å². The largest absolute Gasteiger partial charge is 0.508 e. The molecule has 4 aliphatic rings. The number of carboxylic acid groups (broad SMARTS) is 2. The predicted octanol–water partition coefficient (Wildman–Crippen LogP) is 7.52. The van der Waals surface area contributed by atoms with Crippen LogP contribution in [-0.4, -0.2) is 49.0 Å². The molecule has 0 atom stereocenters. The van der Waals surface area contributed by atoms with Crippen molar-refractivity contribution in [2.24, 2.45) is 0 Å². The van der Waals surface area contributed by atoms with E-state index in [1.54, 1.807) is 48.6 Å². The van der Waals surface area contributed by atoms with Gasteiger partial charge in [0.25, 0.3) is 0 Å². The van der Waals surface area contributed by atoms with E-state index >= 15 is 0 Å². The van der Waals surface area contributed by atoms with Gasteiger partial charge in [0.2, 0.25) is 0 Å². The second-order valence-electron chi connectivity index (χ2n) is 13.1. The number of carbonyl (C=O) groups is 4. The molecule has 276 valence electrons. The SMILES string of the molecule is O=C1C=CC2=C(c3ccc(NC(=S)Nc4ccc(C5=C6CC=CC(=O)C=C6Oc6cc(O)ccc65)c(C(=O)O)c4)cc3C(=O)O)c3ccc(O)cc3OC(=C1)C2. The molecule has 2 aliphatic heterocycles. The third kappa shape index (κ3) is 6.74. The first-order valence-corrected chi connectivity index (χ1v) is 17.5. The number of benzene rings is 4. The number of anilines is 2. The molecule has 56 heavy (non-hydrogen) atoms. The number of rotatable bonds is 6. The van der Waals surface area contributed by atoms with Gasteiger partial charge in [-0.15, -0.1) is 0 Å². The lowest BCUT2D eigenvalue weighted by molar-refractivity contribution is -0.111. The molecule has 0 saturated heterocycles. The highest BCUT2D eigenvalue weighted by Gasteiger charge is 2.30. The average Bonchev–Trinajstić information content (AvgIpc) is 3.52. The number of hydrogen-bond donors (Lipinski definition) is 6. The zero-order valence-electron chi connectivity index (χ0n) is 29.0. The summed E-state index contributed by atoms with van der Waals surface area (Å²) in [4.78, 5) is 50.3. The predicted molar refractivity (Wildman–Crippen MR) is 210 cm³/mol. The van der Waals surface area contributed by atoms with Gasteiger partial charge in [-0.2, -0.15) is 0 Å². The first kappa shape index (κ1) is 35.5. The molecule has 0 spiro atoms. The van der Waals surface area contributed by atoms with Crippen molar-refractivity contribution in [1.82, 2.24) is 0 Å². The Hall–Kier alpha value is -7.51. The zero-order chi connectivity index (χ0) is 39.2. The number of ketones is 2. The van der Waals surface area contributed by atoms with Crippen LogP contribution in [0.2, 0.25) is 0 Å². The summed E-state index contributed by atoms with van der Waals surface area (Å²) in [6, 6.07) is 18.3. The fourth-order valence-corrected chi connectivity index (χ4v) is 7.29. The van der Waals surface area contributed by atoms with Gasteiger partial charge in [-0.3, -0.25) is 9.59 Å². The van der Waals surface area contributed by atoms with Crippen molar-refractivity contribution in [3.05, 3.63) is 165 Å². The molecule has 6 N–H and O–H groups in total. The van der Waals surface area contributed by atoms with Gasteiger partial charge in [0, 0.05) is 64.4 Å². The Kier molecular flexibility index (Phi) is 8.91. The van der Waals surface area contributed by atoms with Crippen molar-refractivity contribution in [2.75, 3.05) is 10.6 Å². The van der Waals surface area contributed by atoms with Crippen LogP contribution < -0.4 is 20.1 Å². The van der Waals surface area contributed by atoms with Gasteiger partial charge >= 0.3 is 11.9 Å². The smallest absolute Gasteiger partial charge is 0.336 e. The zero-order valence-corrected chi connectivity index (χ0v) is 29.8. The molecule has 2 bridgehead atoms. The number of hydrogen-bond acceptors (Lipinski definition) is 9. The van der Waals surface area contributed by atoms with E-state index in [9.17, 15) is 39.6 Å². The molecule has 13 heteroatoms. The Labute approximate surface area is 323 Å². The number of ether oxygens (including phenoxy) is 2. The quantitative estimate of drug-likeness (QED) is 0.106. The van der Waals surface area contributed by atoms with Crippen LogP contribution in [0.15, 0.2) is 132 Å². The van der Waals surface area contributed by atoms with Gasteiger partial charge in [0.05, 0.1) is 11.1 Å². The number of carbonyl (C=O) groups excluding carboxylic acids is 2. The monoisotopic (exact) mass is 764 g/mol. The normalized spacial score (nSPS) is 15.4. The molecule has 0 unspecified atom stereocenters. The van der Waals surface area contributed by atoms with Crippen molar-refractivity contribution < 1.29 is 49.1 Å². The van der Waals surface area contributed by atoms with E-state index in [4.69, 9.17) is 21.7 Å². The lowest BCUT2D eigenvalue weighted by Gasteiger charge is -2.26. The van der Waals surface area contributed by atoms with Crippen LogP contribution in [0.3, 0.4) is 0 Å². The summed E-state index contributed by atoms with van der Waals surface area (Å²) in [5.74, 6) is -2.08. The Balaban J connectivity index is 1.12. The van der Waals surface area contributed by atoms with E-state index in [2.05, 4.69) is 10.6 Å². The minimum atomic E-state index is -1.24. The highest BCUT2D eigenvalue weighted by Crippen LogP contribution is 2.46. The van der Waals surface area contributed by atoms with E-state index in [1.807, 2.05) is 0 Å². The average molecular weight is 765 g/mol. The van der Waals surface area contributed by atoms with Gasteiger partial charge in [0.1, 0.15) is 34.5 Å². The minimum Gasteiger partial charge on any atom is -0.508 e. The molecule has 0 radical (unpaired) electrons. The Morgan fingerprint density at radius 2 is 1.20 bits per heavy atom. The fourth-order valence-electron chi connectivity index (χ4n) is 7.05. The Morgan fingerprint density at radius 3 is 1.82 bits per heavy atom. The van der Waals surface area contributed by atoms with E-state index in [-0.39, 0.29) is 69.4 Å². The van der Waals surface area contributed by atoms with Crippen molar-refractivity contribution in [1.29, 1.82) is 0 Å². The van der Waals surface area contributed by atoms with E-state index in [1.165, 1.54) is 60.7 Å². The summed E-state index contributed by atoms with van der Waals surface area (Å²) in [6.45, 7) is 0. The van der Waals surface area contributed by atoms with Gasteiger partial charge in [-0.05, 0) is 102 Å². The number of nitrogens with one attached hydrogen (secondary N) is 2. The number of phenolic OH excluding ortho intramolecular Hbond substituents is 2. The highest BCUT2D eigenvalue weighted by atomic mass is 32.1. The number of fused-ring (bicyclic) bond motifs is 5. The molecule has 4 aromatic carbocycles. The lowest BCUT2D eigenvalue weighted by atomic mass is 9.85. The number of phenols is 2. The second kappa shape index (κ2) is 14.0. The third-order valence-electron chi connectivity index (χ3n) is 9.40. The lowest BCUT2D eigenvalue weighted by Crippen LogP contribution is -2.20. The maximum atomic E-state index is 12.8. The first-order valence-electron chi connectivity index (χ1n) is 17.1. The molecule has 2 heterocycles.